The SMILES string of the molecule is CCCNC(Cc1cc(C)nn1C)c1cc(Br)c(Br)s1. The lowest BCUT2D eigenvalue weighted by Gasteiger charge is -2.17. The Bertz CT molecular complexity index is 557. The Morgan fingerprint density at radius 2 is 2.15 bits per heavy atom. The standard InChI is InChI=1S/C14H19Br2N3S/c1-4-5-17-12(13-8-11(15)14(16)20-13)7-10-6-9(2)18-19(10)3/h6,8,12,17H,4-5,7H2,1-3H3. The summed E-state index contributed by atoms with van der Waals surface area (Å²) in [4.78, 5) is 1.34. The fourth-order valence-electron chi connectivity index (χ4n) is 2.19. The molecule has 0 radical (unpaired) electrons. The van der Waals surface area contributed by atoms with Gasteiger partial charge >= 0.3 is 0 Å². The van der Waals surface area contributed by atoms with Gasteiger partial charge in [0.2, 0.25) is 0 Å². The lowest BCUT2D eigenvalue weighted by molar-refractivity contribution is 0.518. The number of thiophene rings is 1. The van der Waals surface area contributed by atoms with Gasteiger partial charge in [-0.05, 0) is 63.9 Å². The van der Waals surface area contributed by atoms with Crippen molar-refractivity contribution in [1.82, 2.24) is 15.1 Å². The molecule has 6 heteroatoms. The summed E-state index contributed by atoms with van der Waals surface area (Å²) in [6, 6.07) is 4.70. The summed E-state index contributed by atoms with van der Waals surface area (Å²) in [5.74, 6) is 0. The fourth-order valence-corrected chi connectivity index (χ4v) is 4.36. The fraction of sp³-hybridized carbons (Fsp3) is 0.500. The number of nitrogens with one attached hydrogen (secondary N) is 1. The van der Waals surface area contributed by atoms with Crippen LogP contribution in [0.2, 0.25) is 0 Å². The van der Waals surface area contributed by atoms with E-state index in [4.69, 9.17) is 0 Å². The smallest absolute Gasteiger partial charge is 0.0843 e. The molecule has 2 aromatic rings. The van der Waals surface area contributed by atoms with E-state index in [0.29, 0.717) is 6.04 Å². The molecule has 0 aromatic carbocycles. The third kappa shape index (κ3) is 3.93. The molecule has 110 valence electrons. The minimum Gasteiger partial charge on any atom is -0.309 e. The first-order chi connectivity index (χ1) is 9.51. The van der Waals surface area contributed by atoms with Gasteiger partial charge in [-0.25, -0.2) is 0 Å². The van der Waals surface area contributed by atoms with Crippen molar-refractivity contribution in [3.05, 3.63) is 36.7 Å². The van der Waals surface area contributed by atoms with Crippen LogP contribution in [-0.2, 0) is 13.5 Å². The Labute approximate surface area is 141 Å². The zero-order chi connectivity index (χ0) is 14.7. The van der Waals surface area contributed by atoms with Gasteiger partial charge in [-0.15, -0.1) is 11.3 Å². The molecule has 0 spiro atoms. The van der Waals surface area contributed by atoms with Crippen LogP contribution >= 0.6 is 43.2 Å². The number of aryl methyl sites for hydroxylation is 2. The summed E-state index contributed by atoms with van der Waals surface area (Å²) >= 11 is 8.94. The highest BCUT2D eigenvalue weighted by molar-refractivity contribution is 9.13. The van der Waals surface area contributed by atoms with Crippen molar-refractivity contribution in [2.24, 2.45) is 7.05 Å². The molecule has 0 saturated heterocycles. The average Bonchev–Trinajstić information content (AvgIpc) is 2.88. The Morgan fingerprint density at radius 1 is 1.40 bits per heavy atom. The van der Waals surface area contributed by atoms with Gasteiger partial charge in [0.05, 0.1) is 9.48 Å². The van der Waals surface area contributed by atoms with Gasteiger partial charge in [0.15, 0.2) is 0 Å². The highest BCUT2D eigenvalue weighted by Crippen LogP contribution is 2.36. The zero-order valence-corrected chi connectivity index (χ0v) is 15.9. The molecule has 0 fully saturated rings. The quantitative estimate of drug-likeness (QED) is 0.739. The van der Waals surface area contributed by atoms with Crippen molar-refractivity contribution in [2.45, 2.75) is 32.7 Å². The summed E-state index contributed by atoms with van der Waals surface area (Å²) in [7, 11) is 2.01. The van der Waals surface area contributed by atoms with Crippen molar-refractivity contribution in [2.75, 3.05) is 6.54 Å². The number of nitrogens with zero attached hydrogens (tertiary/aromatic N) is 2. The summed E-state index contributed by atoms with van der Waals surface area (Å²) in [6.45, 7) is 5.25. The van der Waals surface area contributed by atoms with E-state index in [9.17, 15) is 0 Å². The van der Waals surface area contributed by atoms with E-state index in [-0.39, 0.29) is 0 Å². The van der Waals surface area contributed by atoms with Gasteiger partial charge in [0.25, 0.3) is 0 Å². The van der Waals surface area contributed by atoms with Crippen LogP contribution in [0.25, 0.3) is 0 Å². The molecule has 2 rings (SSSR count). The highest BCUT2D eigenvalue weighted by Gasteiger charge is 2.17. The van der Waals surface area contributed by atoms with Crippen LogP contribution in [0, 0.1) is 6.92 Å². The second-order valence-corrected chi connectivity index (χ2v) is 8.14. The lowest BCUT2D eigenvalue weighted by atomic mass is 10.1. The summed E-state index contributed by atoms with van der Waals surface area (Å²) in [6.07, 6.45) is 2.09. The molecule has 2 aromatic heterocycles. The number of halogens is 2. The van der Waals surface area contributed by atoms with Gasteiger partial charge in [0, 0.05) is 34.6 Å². The predicted octanol–water partition coefficient (Wildman–Crippen LogP) is 4.60. The number of aromatic nitrogens is 2. The second-order valence-electron chi connectivity index (χ2n) is 4.88. The van der Waals surface area contributed by atoms with Crippen molar-refractivity contribution in [3.8, 4) is 0 Å². The van der Waals surface area contributed by atoms with Crippen molar-refractivity contribution in [3.63, 3.8) is 0 Å². The van der Waals surface area contributed by atoms with Crippen LogP contribution in [0.3, 0.4) is 0 Å². The van der Waals surface area contributed by atoms with E-state index < -0.39 is 0 Å². The third-order valence-corrected chi connectivity index (χ3v) is 6.53. The van der Waals surface area contributed by atoms with Gasteiger partial charge in [0.1, 0.15) is 0 Å². The second kappa shape index (κ2) is 7.20. The molecule has 0 aliphatic rings. The van der Waals surface area contributed by atoms with E-state index in [1.165, 1.54) is 10.6 Å². The van der Waals surface area contributed by atoms with E-state index in [1.54, 1.807) is 11.3 Å². The first kappa shape index (κ1) is 16.2. The topological polar surface area (TPSA) is 29.9 Å². The van der Waals surface area contributed by atoms with Gasteiger partial charge in [-0.1, -0.05) is 6.92 Å². The van der Waals surface area contributed by atoms with Crippen LogP contribution in [-0.4, -0.2) is 16.3 Å². The molecule has 1 unspecified atom stereocenters. The molecule has 0 saturated carbocycles. The molecule has 1 atom stereocenters. The summed E-state index contributed by atoms with van der Waals surface area (Å²) in [5, 5.41) is 8.07. The molecule has 2 heterocycles. The first-order valence-electron chi connectivity index (χ1n) is 6.69. The largest absolute Gasteiger partial charge is 0.309 e. The van der Waals surface area contributed by atoms with Crippen LogP contribution in [0.4, 0.5) is 0 Å². The number of hydrogen-bond acceptors (Lipinski definition) is 3. The third-order valence-electron chi connectivity index (χ3n) is 3.16. The van der Waals surface area contributed by atoms with Crippen LogP contribution in [0.5, 0.6) is 0 Å². The summed E-state index contributed by atoms with van der Waals surface area (Å²) in [5.41, 5.74) is 2.34. The Kier molecular flexibility index (Phi) is 5.84. The van der Waals surface area contributed by atoms with Crippen molar-refractivity contribution < 1.29 is 0 Å². The molecule has 0 aliphatic heterocycles. The molecule has 1 N–H and O–H groups in total. The Balaban J connectivity index is 2.21. The minimum atomic E-state index is 0.331. The maximum absolute atomic E-state index is 4.43. The number of rotatable bonds is 6. The van der Waals surface area contributed by atoms with E-state index in [0.717, 1.165) is 33.3 Å². The van der Waals surface area contributed by atoms with Gasteiger partial charge < -0.3 is 5.32 Å². The molecule has 0 bridgehead atoms. The van der Waals surface area contributed by atoms with Gasteiger partial charge in [-0.2, -0.15) is 5.10 Å². The minimum absolute atomic E-state index is 0.331. The Hall–Kier alpha value is -0.170. The van der Waals surface area contributed by atoms with Gasteiger partial charge in [-0.3, -0.25) is 4.68 Å². The van der Waals surface area contributed by atoms with E-state index >= 15 is 0 Å². The predicted molar refractivity (Wildman–Crippen MR) is 92.4 cm³/mol. The van der Waals surface area contributed by atoms with Crippen molar-refractivity contribution in [1.29, 1.82) is 0 Å². The van der Waals surface area contributed by atoms with Crippen molar-refractivity contribution >= 4 is 43.2 Å². The normalized spacial score (nSPS) is 12.8. The van der Waals surface area contributed by atoms with Crippen LogP contribution < -0.4 is 5.32 Å². The van der Waals surface area contributed by atoms with Crippen LogP contribution in [0.15, 0.2) is 20.4 Å². The molecular weight excluding hydrogens is 402 g/mol. The molecule has 20 heavy (non-hydrogen) atoms. The maximum atomic E-state index is 4.43. The number of hydrogen-bond donors (Lipinski definition) is 1. The van der Waals surface area contributed by atoms with E-state index in [1.807, 2.05) is 18.7 Å². The molecular formula is C14H19Br2N3S. The average molecular weight is 421 g/mol. The lowest BCUT2D eigenvalue weighted by Crippen LogP contribution is -2.24. The van der Waals surface area contributed by atoms with Crippen LogP contribution in [0.1, 0.15) is 35.7 Å². The summed E-state index contributed by atoms with van der Waals surface area (Å²) < 4.78 is 4.26. The Morgan fingerprint density at radius 3 is 2.65 bits per heavy atom. The monoisotopic (exact) mass is 419 g/mol. The maximum Gasteiger partial charge on any atom is 0.0843 e. The first-order valence-corrected chi connectivity index (χ1v) is 9.09. The highest BCUT2D eigenvalue weighted by atomic mass is 79.9. The molecule has 3 nitrogen and oxygen atoms in total. The molecule has 0 aliphatic carbocycles. The molecule has 0 amide bonds. The van der Waals surface area contributed by atoms with E-state index in [2.05, 4.69) is 61.3 Å². The zero-order valence-electron chi connectivity index (χ0n) is 11.9.